The third kappa shape index (κ3) is 5.27. The maximum atomic E-state index is 3.66. The Morgan fingerprint density at radius 3 is 2.28 bits per heavy atom. The van der Waals surface area contributed by atoms with E-state index in [0.717, 1.165) is 18.5 Å². The average molecular weight is 254 g/mol. The van der Waals surface area contributed by atoms with Gasteiger partial charge in [-0.05, 0) is 44.1 Å². The second kappa shape index (κ2) is 6.91. The molecule has 0 aromatic heterocycles. The van der Waals surface area contributed by atoms with E-state index < -0.39 is 0 Å². The SMILES string of the molecule is CCCNC(C)C(C)(C)CN(CC(C)C)C1CC1. The van der Waals surface area contributed by atoms with Crippen LogP contribution in [0.5, 0.6) is 0 Å². The van der Waals surface area contributed by atoms with E-state index >= 15 is 0 Å². The van der Waals surface area contributed by atoms with E-state index in [0.29, 0.717) is 11.5 Å². The van der Waals surface area contributed by atoms with Crippen LogP contribution in [-0.2, 0) is 0 Å². The molecule has 0 heterocycles. The quantitative estimate of drug-likeness (QED) is 0.677. The van der Waals surface area contributed by atoms with Crippen LogP contribution < -0.4 is 5.32 Å². The standard InChI is InChI=1S/C16H34N2/c1-7-10-17-14(4)16(5,6)12-18(11-13(2)3)15-8-9-15/h13-15,17H,7-12H2,1-6H3. The molecule has 1 N–H and O–H groups in total. The van der Waals surface area contributed by atoms with Gasteiger partial charge in [-0.3, -0.25) is 4.90 Å². The van der Waals surface area contributed by atoms with Gasteiger partial charge in [-0.2, -0.15) is 0 Å². The Hall–Kier alpha value is -0.0800. The highest BCUT2D eigenvalue weighted by Crippen LogP contribution is 2.32. The number of hydrogen-bond donors (Lipinski definition) is 1. The van der Waals surface area contributed by atoms with E-state index in [4.69, 9.17) is 0 Å². The average Bonchev–Trinajstić information content (AvgIpc) is 3.07. The molecule has 0 aromatic rings. The molecule has 1 rings (SSSR count). The van der Waals surface area contributed by atoms with Gasteiger partial charge in [0.05, 0.1) is 0 Å². The van der Waals surface area contributed by atoms with Crippen LogP contribution in [-0.4, -0.2) is 36.6 Å². The first-order chi connectivity index (χ1) is 8.36. The summed E-state index contributed by atoms with van der Waals surface area (Å²) >= 11 is 0. The fraction of sp³-hybridized carbons (Fsp3) is 1.00. The van der Waals surface area contributed by atoms with Crippen molar-refractivity contribution in [3.63, 3.8) is 0 Å². The molecule has 1 atom stereocenters. The molecule has 0 amide bonds. The van der Waals surface area contributed by atoms with E-state index in [1.807, 2.05) is 0 Å². The molecular formula is C16H34N2. The zero-order valence-electron chi connectivity index (χ0n) is 13.4. The van der Waals surface area contributed by atoms with Crippen LogP contribution in [0.15, 0.2) is 0 Å². The molecule has 1 saturated carbocycles. The van der Waals surface area contributed by atoms with Gasteiger partial charge < -0.3 is 5.32 Å². The molecule has 1 aliphatic rings. The summed E-state index contributed by atoms with van der Waals surface area (Å²) in [5.74, 6) is 0.778. The van der Waals surface area contributed by atoms with Crippen LogP contribution in [0.4, 0.5) is 0 Å². The summed E-state index contributed by atoms with van der Waals surface area (Å²) in [6.45, 7) is 17.7. The maximum Gasteiger partial charge on any atom is 0.0102 e. The largest absolute Gasteiger partial charge is 0.314 e. The van der Waals surface area contributed by atoms with Gasteiger partial charge in [-0.15, -0.1) is 0 Å². The van der Waals surface area contributed by atoms with Gasteiger partial charge in [0.15, 0.2) is 0 Å². The van der Waals surface area contributed by atoms with Crippen LogP contribution in [0.3, 0.4) is 0 Å². The van der Waals surface area contributed by atoms with Crippen LogP contribution in [0, 0.1) is 11.3 Å². The van der Waals surface area contributed by atoms with Gasteiger partial charge in [-0.1, -0.05) is 34.6 Å². The van der Waals surface area contributed by atoms with Gasteiger partial charge in [0.1, 0.15) is 0 Å². The molecule has 0 saturated heterocycles. The van der Waals surface area contributed by atoms with Gasteiger partial charge in [0, 0.05) is 25.2 Å². The van der Waals surface area contributed by atoms with Crippen LogP contribution >= 0.6 is 0 Å². The highest BCUT2D eigenvalue weighted by molar-refractivity contribution is 4.91. The summed E-state index contributed by atoms with van der Waals surface area (Å²) in [6.07, 6.45) is 4.05. The van der Waals surface area contributed by atoms with Crippen molar-refractivity contribution in [2.45, 2.75) is 72.9 Å². The van der Waals surface area contributed by atoms with E-state index in [9.17, 15) is 0 Å². The summed E-state index contributed by atoms with van der Waals surface area (Å²) in [4.78, 5) is 2.73. The normalized spacial score (nSPS) is 18.7. The van der Waals surface area contributed by atoms with Crippen LogP contribution in [0.25, 0.3) is 0 Å². The monoisotopic (exact) mass is 254 g/mol. The maximum absolute atomic E-state index is 3.66. The first kappa shape index (κ1) is 16.0. The van der Waals surface area contributed by atoms with E-state index in [2.05, 4.69) is 51.8 Å². The summed E-state index contributed by atoms with van der Waals surface area (Å²) in [7, 11) is 0. The molecule has 2 nitrogen and oxygen atoms in total. The molecule has 0 radical (unpaired) electrons. The Kier molecular flexibility index (Phi) is 6.13. The Morgan fingerprint density at radius 2 is 1.83 bits per heavy atom. The lowest BCUT2D eigenvalue weighted by Crippen LogP contribution is -2.48. The molecule has 1 unspecified atom stereocenters. The lowest BCUT2D eigenvalue weighted by molar-refractivity contribution is 0.125. The van der Waals surface area contributed by atoms with Crippen molar-refractivity contribution in [3.05, 3.63) is 0 Å². The summed E-state index contributed by atoms with van der Waals surface area (Å²) in [5, 5.41) is 3.66. The zero-order valence-corrected chi connectivity index (χ0v) is 13.4. The van der Waals surface area contributed by atoms with Gasteiger partial charge in [0.25, 0.3) is 0 Å². The highest BCUT2D eigenvalue weighted by atomic mass is 15.2. The predicted molar refractivity (Wildman–Crippen MR) is 81.0 cm³/mol. The fourth-order valence-corrected chi connectivity index (χ4v) is 2.55. The third-order valence-electron chi connectivity index (χ3n) is 4.15. The Balaban J connectivity index is 2.49. The second-order valence-electron chi connectivity index (χ2n) is 7.22. The van der Waals surface area contributed by atoms with Gasteiger partial charge in [0.2, 0.25) is 0 Å². The lowest BCUT2D eigenvalue weighted by Gasteiger charge is -2.38. The molecule has 18 heavy (non-hydrogen) atoms. The topological polar surface area (TPSA) is 15.3 Å². The Bertz CT molecular complexity index is 231. The number of nitrogens with one attached hydrogen (secondary N) is 1. The van der Waals surface area contributed by atoms with Crippen LogP contribution in [0.1, 0.15) is 60.8 Å². The van der Waals surface area contributed by atoms with Gasteiger partial charge >= 0.3 is 0 Å². The van der Waals surface area contributed by atoms with Crippen molar-refractivity contribution in [1.82, 2.24) is 10.2 Å². The second-order valence-corrected chi connectivity index (χ2v) is 7.22. The summed E-state index contributed by atoms with van der Waals surface area (Å²) < 4.78 is 0. The molecule has 2 heteroatoms. The van der Waals surface area contributed by atoms with Crippen molar-refractivity contribution in [2.75, 3.05) is 19.6 Å². The van der Waals surface area contributed by atoms with E-state index in [-0.39, 0.29) is 0 Å². The molecule has 1 fully saturated rings. The zero-order chi connectivity index (χ0) is 13.8. The molecule has 0 bridgehead atoms. The fourth-order valence-electron chi connectivity index (χ4n) is 2.55. The number of rotatable bonds is 9. The minimum atomic E-state index is 0.354. The predicted octanol–water partition coefficient (Wildman–Crippen LogP) is 3.52. The summed E-state index contributed by atoms with van der Waals surface area (Å²) in [6, 6.07) is 1.47. The smallest absolute Gasteiger partial charge is 0.0102 e. The number of nitrogens with zero attached hydrogens (tertiary/aromatic N) is 1. The van der Waals surface area contributed by atoms with Crippen LogP contribution in [0.2, 0.25) is 0 Å². The molecule has 0 spiro atoms. The van der Waals surface area contributed by atoms with Crippen molar-refractivity contribution < 1.29 is 0 Å². The van der Waals surface area contributed by atoms with E-state index in [1.165, 1.54) is 32.4 Å². The minimum Gasteiger partial charge on any atom is -0.314 e. The first-order valence-corrected chi connectivity index (χ1v) is 7.84. The van der Waals surface area contributed by atoms with Crippen molar-refractivity contribution in [3.8, 4) is 0 Å². The molecule has 0 aliphatic heterocycles. The Labute approximate surface area is 115 Å². The van der Waals surface area contributed by atoms with Crippen molar-refractivity contribution >= 4 is 0 Å². The molecular weight excluding hydrogens is 220 g/mol. The molecule has 108 valence electrons. The van der Waals surface area contributed by atoms with Crippen molar-refractivity contribution in [1.29, 1.82) is 0 Å². The van der Waals surface area contributed by atoms with Gasteiger partial charge in [-0.25, -0.2) is 0 Å². The summed E-state index contributed by atoms with van der Waals surface area (Å²) in [5.41, 5.74) is 0.354. The first-order valence-electron chi connectivity index (χ1n) is 7.84. The van der Waals surface area contributed by atoms with Crippen molar-refractivity contribution in [2.24, 2.45) is 11.3 Å². The molecule has 1 aliphatic carbocycles. The lowest BCUT2D eigenvalue weighted by atomic mass is 9.84. The third-order valence-corrected chi connectivity index (χ3v) is 4.15. The Morgan fingerprint density at radius 1 is 1.22 bits per heavy atom. The molecule has 0 aromatic carbocycles. The number of hydrogen-bond acceptors (Lipinski definition) is 2. The van der Waals surface area contributed by atoms with E-state index in [1.54, 1.807) is 0 Å². The highest BCUT2D eigenvalue weighted by Gasteiger charge is 2.35. The minimum absolute atomic E-state index is 0.354.